The van der Waals surface area contributed by atoms with Crippen LogP contribution in [0.5, 0.6) is 0 Å². The van der Waals surface area contributed by atoms with Crippen molar-refractivity contribution in [3.63, 3.8) is 0 Å². The van der Waals surface area contributed by atoms with E-state index in [1.54, 1.807) is 0 Å². The molecule has 2 aliphatic rings. The van der Waals surface area contributed by atoms with Crippen molar-refractivity contribution in [2.75, 3.05) is 5.75 Å². The molecule has 2 fully saturated rings. The summed E-state index contributed by atoms with van der Waals surface area (Å²) in [5.41, 5.74) is 1.37. The average Bonchev–Trinajstić information content (AvgIpc) is 2.50. The first-order valence-corrected chi connectivity index (χ1v) is 10.2. The Morgan fingerprint density at radius 1 is 1.25 bits per heavy atom. The van der Waals surface area contributed by atoms with Gasteiger partial charge in [-0.15, -0.1) is 0 Å². The Hall–Kier alpha value is -0.630. The summed E-state index contributed by atoms with van der Waals surface area (Å²) in [6.07, 6.45) is 4.85. The topological polar surface area (TPSA) is 17.1 Å². The second-order valence-corrected chi connectivity index (χ2v) is 10.4. The van der Waals surface area contributed by atoms with Crippen LogP contribution in [0.25, 0.3) is 0 Å². The average molecular weight is 292 g/mol. The van der Waals surface area contributed by atoms with Gasteiger partial charge in [0.1, 0.15) is 0 Å². The summed E-state index contributed by atoms with van der Waals surface area (Å²) in [5, 5.41) is 0.458. The molecule has 2 heteroatoms. The summed E-state index contributed by atoms with van der Waals surface area (Å²) in [6.45, 7) is 6.84. The standard InChI is InChI=1S/C18H28OS/c1-4-16(5-2)18-11-12-20(18,19)17(13-18)14(3)15-9-7-6-8-10-15/h6-10,14,16-17,20H,4-5,11-13H2,1-3H3. The normalized spacial score (nSPS) is 33.7. The SMILES string of the molecule is CCC(CC)C12CC[SH]1(=O)C(C(C)c1ccccc1)C2. The summed E-state index contributed by atoms with van der Waals surface area (Å²) in [4.78, 5) is 0. The van der Waals surface area contributed by atoms with Gasteiger partial charge in [0, 0.05) is 15.7 Å². The fourth-order valence-corrected chi connectivity index (χ4v) is 9.92. The molecule has 0 spiro atoms. The summed E-state index contributed by atoms with van der Waals surface area (Å²) in [7, 11) is -1.93. The van der Waals surface area contributed by atoms with Crippen LogP contribution < -0.4 is 0 Å². The van der Waals surface area contributed by atoms with E-state index in [-0.39, 0.29) is 4.75 Å². The molecule has 0 radical (unpaired) electrons. The number of hydrogen-bond acceptors (Lipinski definition) is 1. The molecule has 2 saturated heterocycles. The Kier molecular flexibility index (Phi) is 3.56. The minimum absolute atomic E-state index is 0.254. The summed E-state index contributed by atoms with van der Waals surface area (Å²) < 4.78 is 13.8. The molecule has 1 aromatic carbocycles. The van der Waals surface area contributed by atoms with Crippen LogP contribution in [0.15, 0.2) is 30.3 Å². The zero-order chi connectivity index (χ0) is 14.4. The van der Waals surface area contributed by atoms with Crippen molar-refractivity contribution in [3.05, 3.63) is 35.9 Å². The van der Waals surface area contributed by atoms with Gasteiger partial charge >= 0.3 is 0 Å². The van der Waals surface area contributed by atoms with Gasteiger partial charge in [-0.3, -0.25) is 4.21 Å². The fourth-order valence-electron chi connectivity index (χ4n) is 5.01. The minimum Gasteiger partial charge on any atom is -0.284 e. The molecule has 0 N–H and O–H groups in total. The zero-order valence-electron chi connectivity index (χ0n) is 13.0. The lowest BCUT2D eigenvalue weighted by Crippen LogP contribution is -2.75. The second-order valence-electron chi connectivity index (χ2n) is 6.86. The molecule has 0 saturated carbocycles. The van der Waals surface area contributed by atoms with Gasteiger partial charge < -0.3 is 0 Å². The number of rotatable bonds is 5. The Bertz CT molecular complexity index is 519. The van der Waals surface area contributed by atoms with Gasteiger partial charge in [0.25, 0.3) is 0 Å². The van der Waals surface area contributed by atoms with Crippen molar-refractivity contribution >= 4 is 9.93 Å². The van der Waals surface area contributed by atoms with Gasteiger partial charge in [-0.2, -0.15) is 0 Å². The Morgan fingerprint density at radius 3 is 2.35 bits per heavy atom. The highest BCUT2D eigenvalue weighted by Crippen LogP contribution is 2.64. The summed E-state index contributed by atoms with van der Waals surface area (Å²) in [5.74, 6) is 2.18. The highest BCUT2D eigenvalue weighted by Gasteiger charge is 2.67. The number of hydrogen-bond donors (Lipinski definition) is 1. The Morgan fingerprint density at radius 2 is 1.90 bits per heavy atom. The van der Waals surface area contributed by atoms with Crippen molar-refractivity contribution in [2.24, 2.45) is 5.92 Å². The van der Waals surface area contributed by atoms with Crippen LogP contribution in [-0.4, -0.2) is 20.0 Å². The van der Waals surface area contributed by atoms with Gasteiger partial charge in [0.05, 0.1) is 0 Å². The van der Waals surface area contributed by atoms with Crippen LogP contribution >= 0.6 is 0 Å². The lowest BCUT2D eigenvalue weighted by atomic mass is 9.77. The second kappa shape index (κ2) is 4.98. The van der Waals surface area contributed by atoms with Gasteiger partial charge in [-0.05, 0) is 30.2 Å². The predicted octanol–water partition coefficient (Wildman–Crippen LogP) is 4.16. The van der Waals surface area contributed by atoms with E-state index in [1.807, 2.05) is 0 Å². The molecule has 2 heterocycles. The molecule has 3 rings (SSSR count). The van der Waals surface area contributed by atoms with Gasteiger partial charge in [-0.25, -0.2) is 0 Å². The van der Waals surface area contributed by atoms with Crippen LogP contribution in [0.1, 0.15) is 57.9 Å². The molecule has 0 aliphatic carbocycles. The van der Waals surface area contributed by atoms with Crippen molar-refractivity contribution in [3.8, 4) is 0 Å². The molecule has 3 atom stereocenters. The third-order valence-corrected chi connectivity index (χ3v) is 11.2. The van der Waals surface area contributed by atoms with Crippen LogP contribution in [0, 0.1) is 5.92 Å². The molecule has 1 aromatic rings. The molecule has 1 nitrogen and oxygen atoms in total. The van der Waals surface area contributed by atoms with E-state index in [0.29, 0.717) is 17.1 Å². The molecule has 112 valence electrons. The molecule has 3 unspecified atom stereocenters. The van der Waals surface area contributed by atoms with Gasteiger partial charge in [0.2, 0.25) is 0 Å². The zero-order valence-corrected chi connectivity index (χ0v) is 13.9. The predicted molar refractivity (Wildman–Crippen MR) is 89.1 cm³/mol. The largest absolute Gasteiger partial charge is 0.284 e. The van der Waals surface area contributed by atoms with Crippen molar-refractivity contribution in [1.82, 2.24) is 0 Å². The van der Waals surface area contributed by atoms with Crippen molar-refractivity contribution < 1.29 is 4.21 Å². The Labute approximate surface area is 124 Å². The van der Waals surface area contributed by atoms with Crippen LogP contribution in [-0.2, 0) is 9.93 Å². The number of thiol groups is 1. The highest BCUT2D eigenvalue weighted by molar-refractivity contribution is 8.07. The minimum atomic E-state index is -1.93. The van der Waals surface area contributed by atoms with Crippen molar-refractivity contribution in [1.29, 1.82) is 0 Å². The highest BCUT2D eigenvalue weighted by atomic mass is 32.2. The van der Waals surface area contributed by atoms with Crippen LogP contribution in [0.3, 0.4) is 0 Å². The lowest BCUT2D eigenvalue weighted by Gasteiger charge is -2.71. The molecular formula is C18H28OS. The third kappa shape index (κ3) is 1.70. The van der Waals surface area contributed by atoms with E-state index in [1.165, 1.54) is 31.2 Å². The van der Waals surface area contributed by atoms with E-state index >= 15 is 0 Å². The van der Waals surface area contributed by atoms with Crippen LogP contribution in [0.4, 0.5) is 0 Å². The quantitative estimate of drug-likeness (QED) is 0.807. The Balaban J connectivity index is 1.82. The number of fused-ring (bicyclic) bond motifs is 1. The molecule has 0 aromatic heterocycles. The smallest absolute Gasteiger partial charge is 0.0288 e. The van der Waals surface area contributed by atoms with Gasteiger partial charge in [0.15, 0.2) is 0 Å². The van der Waals surface area contributed by atoms with E-state index in [9.17, 15) is 4.21 Å². The summed E-state index contributed by atoms with van der Waals surface area (Å²) >= 11 is 0. The van der Waals surface area contributed by atoms with E-state index in [0.717, 1.165) is 5.75 Å². The molecule has 0 bridgehead atoms. The molecule has 0 amide bonds. The van der Waals surface area contributed by atoms with Crippen molar-refractivity contribution in [2.45, 2.75) is 62.4 Å². The maximum Gasteiger partial charge on any atom is 0.0288 e. The monoisotopic (exact) mass is 292 g/mol. The van der Waals surface area contributed by atoms with Crippen LogP contribution in [0.2, 0.25) is 0 Å². The third-order valence-electron chi connectivity index (χ3n) is 6.38. The number of benzene rings is 1. The molecule has 20 heavy (non-hydrogen) atoms. The molecule has 2 aliphatic heterocycles. The first kappa shape index (κ1) is 14.3. The van der Waals surface area contributed by atoms with E-state index in [4.69, 9.17) is 0 Å². The summed E-state index contributed by atoms with van der Waals surface area (Å²) in [6, 6.07) is 10.7. The molecular weight excluding hydrogens is 264 g/mol. The van der Waals surface area contributed by atoms with E-state index < -0.39 is 9.93 Å². The van der Waals surface area contributed by atoms with E-state index in [2.05, 4.69) is 51.1 Å². The van der Waals surface area contributed by atoms with Gasteiger partial charge in [-0.1, -0.05) is 73.9 Å². The first-order valence-electron chi connectivity index (χ1n) is 8.23. The lowest BCUT2D eigenvalue weighted by molar-refractivity contribution is 0.240. The first-order chi connectivity index (χ1) is 9.59. The maximum absolute atomic E-state index is 13.5. The fraction of sp³-hybridized carbons (Fsp3) is 0.667. The maximum atomic E-state index is 13.5.